The third kappa shape index (κ3) is 7.28. The number of nitro benzene ring substituents is 1. The van der Waals surface area contributed by atoms with Crippen LogP contribution in [0.1, 0.15) is 29.5 Å². The Morgan fingerprint density at radius 1 is 1.03 bits per heavy atom. The van der Waals surface area contributed by atoms with Crippen LogP contribution >= 0.6 is 24.0 Å². The molecule has 1 aliphatic heterocycles. The van der Waals surface area contributed by atoms with Crippen LogP contribution in [0.25, 0.3) is 0 Å². The summed E-state index contributed by atoms with van der Waals surface area (Å²) in [4.78, 5) is 17.2. The van der Waals surface area contributed by atoms with Gasteiger partial charge in [-0.15, -0.1) is 24.0 Å². The number of halogens is 1. The van der Waals surface area contributed by atoms with E-state index in [-0.39, 0.29) is 34.6 Å². The highest BCUT2D eigenvalue weighted by Crippen LogP contribution is 2.14. The maximum Gasteiger partial charge on any atom is 0.269 e. The van der Waals surface area contributed by atoms with Gasteiger partial charge in [0.25, 0.3) is 5.69 Å². The lowest BCUT2D eigenvalue weighted by molar-refractivity contribution is -0.384. The Bertz CT molecular complexity index is 820. The van der Waals surface area contributed by atoms with Crippen molar-refractivity contribution in [3.05, 3.63) is 75.3 Å². The van der Waals surface area contributed by atoms with Crippen LogP contribution in [0.3, 0.4) is 0 Å². The van der Waals surface area contributed by atoms with Gasteiger partial charge < -0.3 is 10.6 Å². The fourth-order valence-electron chi connectivity index (χ4n) is 3.33. The molecule has 0 aromatic heterocycles. The molecule has 1 saturated heterocycles. The molecule has 1 heterocycles. The third-order valence-corrected chi connectivity index (χ3v) is 4.89. The molecule has 1 aliphatic rings. The largest absolute Gasteiger partial charge is 0.352 e. The summed E-state index contributed by atoms with van der Waals surface area (Å²) < 4.78 is 0. The predicted octanol–water partition coefficient (Wildman–Crippen LogP) is 3.67. The predicted molar refractivity (Wildman–Crippen MR) is 127 cm³/mol. The summed E-state index contributed by atoms with van der Waals surface area (Å²) in [5.41, 5.74) is 3.46. The normalized spacial score (nSPS) is 14.3. The molecule has 0 unspecified atom stereocenters. The fourth-order valence-corrected chi connectivity index (χ4v) is 3.33. The van der Waals surface area contributed by atoms with Crippen molar-refractivity contribution < 1.29 is 4.92 Å². The van der Waals surface area contributed by atoms with E-state index in [0.29, 0.717) is 19.0 Å². The maximum atomic E-state index is 10.9. The topological polar surface area (TPSA) is 82.8 Å². The van der Waals surface area contributed by atoms with Crippen LogP contribution in [-0.4, -0.2) is 35.9 Å². The number of aliphatic imine (C=N–C) groups is 1. The summed E-state index contributed by atoms with van der Waals surface area (Å²) in [6.07, 6.45) is 2.62. The summed E-state index contributed by atoms with van der Waals surface area (Å²) in [6, 6.07) is 15.3. The Hall–Kier alpha value is -2.20. The van der Waals surface area contributed by atoms with Crippen LogP contribution in [0, 0.1) is 10.1 Å². The summed E-state index contributed by atoms with van der Waals surface area (Å²) in [6.45, 7) is 4.57. The minimum absolute atomic E-state index is 0. The first-order valence-corrected chi connectivity index (χ1v) is 9.62. The highest BCUT2D eigenvalue weighted by molar-refractivity contribution is 14.0. The van der Waals surface area contributed by atoms with Gasteiger partial charge in [-0.2, -0.15) is 0 Å². The molecule has 7 nitrogen and oxygen atoms in total. The first kappa shape index (κ1) is 23.1. The van der Waals surface area contributed by atoms with E-state index < -0.39 is 0 Å². The second-order valence-electron chi connectivity index (χ2n) is 7.01. The summed E-state index contributed by atoms with van der Waals surface area (Å²) in [7, 11) is 1.71. The molecule has 3 rings (SSSR count). The molecule has 0 atom stereocenters. The molecule has 0 aliphatic carbocycles. The lowest BCUT2D eigenvalue weighted by atomic mass is 10.1. The first-order valence-electron chi connectivity index (χ1n) is 9.62. The van der Waals surface area contributed by atoms with Gasteiger partial charge in [-0.1, -0.05) is 36.4 Å². The number of nitrogens with one attached hydrogen (secondary N) is 2. The molecule has 0 amide bonds. The minimum atomic E-state index is -0.385. The summed E-state index contributed by atoms with van der Waals surface area (Å²) >= 11 is 0. The van der Waals surface area contributed by atoms with Gasteiger partial charge in [0, 0.05) is 38.8 Å². The number of likely N-dealkylation sites (tertiary alicyclic amines) is 1. The molecular weight excluding hydrogens is 481 g/mol. The van der Waals surface area contributed by atoms with Crippen molar-refractivity contribution in [3.8, 4) is 0 Å². The third-order valence-electron chi connectivity index (χ3n) is 4.89. The number of non-ortho nitro benzene ring substituents is 1. The molecule has 29 heavy (non-hydrogen) atoms. The molecular formula is C21H28IN5O2. The Morgan fingerprint density at radius 2 is 1.66 bits per heavy atom. The van der Waals surface area contributed by atoms with E-state index in [2.05, 4.69) is 44.8 Å². The zero-order chi connectivity index (χ0) is 19.8. The van der Waals surface area contributed by atoms with Crippen molar-refractivity contribution in [1.29, 1.82) is 0 Å². The average Bonchev–Trinajstić information content (AvgIpc) is 3.22. The lowest BCUT2D eigenvalue weighted by Crippen LogP contribution is -2.36. The molecule has 2 aromatic rings. The van der Waals surface area contributed by atoms with Crippen LogP contribution in [0.15, 0.2) is 53.5 Å². The smallest absolute Gasteiger partial charge is 0.269 e. The molecule has 1 fully saturated rings. The minimum Gasteiger partial charge on any atom is -0.352 e. The van der Waals surface area contributed by atoms with E-state index in [1.165, 1.54) is 43.1 Å². The van der Waals surface area contributed by atoms with E-state index in [1.54, 1.807) is 19.2 Å². The molecule has 2 N–H and O–H groups in total. The molecule has 2 aromatic carbocycles. The van der Waals surface area contributed by atoms with Gasteiger partial charge >= 0.3 is 0 Å². The Morgan fingerprint density at radius 3 is 2.28 bits per heavy atom. The number of rotatable bonds is 7. The molecule has 0 saturated carbocycles. The standard InChI is InChI=1S/C21H27N5O2.HI/c1-22-21(24-15-19-5-4-6-20(13-19)26(27)28)23-14-17-7-9-18(10-8-17)16-25-11-2-3-12-25;/h4-10,13H,2-3,11-12,14-16H2,1H3,(H2,22,23,24);1H. The average molecular weight is 509 g/mol. The maximum absolute atomic E-state index is 10.9. The Kier molecular flexibility index (Phi) is 9.33. The number of nitro groups is 1. The fraction of sp³-hybridized carbons (Fsp3) is 0.381. The van der Waals surface area contributed by atoms with Crippen molar-refractivity contribution >= 4 is 35.6 Å². The highest BCUT2D eigenvalue weighted by atomic mass is 127. The molecule has 0 bridgehead atoms. The van der Waals surface area contributed by atoms with E-state index >= 15 is 0 Å². The van der Waals surface area contributed by atoms with Gasteiger partial charge in [0.15, 0.2) is 5.96 Å². The number of benzene rings is 2. The van der Waals surface area contributed by atoms with Crippen molar-refractivity contribution in [1.82, 2.24) is 15.5 Å². The monoisotopic (exact) mass is 509 g/mol. The van der Waals surface area contributed by atoms with E-state index in [4.69, 9.17) is 0 Å². The molecule has 8 heteroatoms. The van der Waals surface area contributed by atoms with E-state index in [9.17, 15) is 10.1 Å². The second kappa shape index (κ2) is 11.7. The van der Waals surface area contributed by atoms with Gasteiger partial charge in [0.2, 0.25) is 0 Å². The SMILES string of the molecule is CN=C(NCc1ccc(CN2CCCC2)cc1)NCc1cccc([N+](=O)[O-])c1.I. The summed E-state index contributed by atoms with van der Waals surface area (Å²) in [5, 5.41) is 17.3. The highest BCUT2D eigenvalue weighted by Gasteiger charge is 2.11. The lowest BCUT2D eigenvalue weighted by Gasteiger charge is -2.15. The van der Waals surface area contributed by atoms with Crippen molar-refractivity contribution in [2.45, 2.75) is 32.5 Å². The first-order chi connectivity index (χ1) is 13.6. The van der Waals surface area contributed by atoms with Crippen LogP contribution in [0.4, 0.5) is 5.69 Å². The number of guanidine groups is 1. The van der Waals surface area contributed by atoms with E-state index in [0.717, 1.165) is 12.1 Å². The van der Waals surface area contributed by atoms with Gasteiger partial charge in [0.05, 0.1) is 4.92 Å². The summed E-state index contributed by atoms with van der Waals surface area (Å²) in [5.74, 6) is 0.660. The quantitative estimate of drug-likeness (QED) is 0.196. The van der Waals surface area contributed by atoms with Crippen molar-refractivity contribution in [2.75, 3.05) is 20.1 Å². The van der Waals surface area contributed by atoms with E-state index in [1.807, 2.05) is 6.07 Å². The molecule has 0 radical (unpaired) electrons. The second-order valence-corrected chi connectivity index (χ2v) is 7.01. The zero-order valence-corrected chi connectivity index (χ0v) is 19.0. The van der Waals surface area contributed by atoms with Crippen molar-refractivity contribution in [3.63, 3.8) is 0 Å². The van der Waals surface area contributed by atoms with Gasteiger partial charge in [-0.05, 0) is 42.6 Å². The van der Waals surface area contributed by atoms with Crippen LogP contribution in [0.5, 0.6) is 0 Å². The zero-order valence-electron chi connectivity index (χ0n) is 16.6. The Balaban J connectivity index is 0.00000300. The van der Waals surface area contributed by atoms with Crippen LogP contribution in [-0.2, 0) is 19.6 Å². The van der Waals surface area contributed by atoms with Crippen LogP contribution in [0.2, 0.25) is 0 Å². The van der Waals surface area contributed by atoms with Gasteiger partial charge in [-0.25, -0.2) is 0 Å². The Labute approximate surface area is 188 Å². The van der Waals surface area contributed by atoms with Crippen molar-refractivity contribution in [2.24, 2.45) is 4.99 Å². The molecule has 0 spiro atoms. The van der Waals surface area contributed by atoms with Crippen LogP contribution < -0.4 is 10.6 Å². The van der Waals surface area contributed by atoms with Gasteiger partial charge in [0.1, 0.15) is 0 Å². The van der Waals surface area contributed by atoms with Gasteiger partial charge in [-0.3, -0.25) is 20.0 Å². The number of hydrogen-bond donors (Lipinski definition) is 2. The number of nitrogens with zero attached hydrogens (tertiary/aromatic N) is 3. The molecule has 156 valence electrons. The number of hydrogen-bond acceptors (Lipinski definition) is 4.